The van der Waals surface area contributed by atoms with E-state index in [1.54, 1.807) is 19.2 Å². The molecule has 0 radical (unpaired) electrons. The largest absolute Gasteiger partial charge is 0.370 e. The third kappa shape index (κ3) is 5.19. The van der Waals surface area contributed by atoms with Crippen LogP contribution in [0.1, 0.15) is 51.4 Å². The van der Waals surface area contributed by atoms with Gasteiger partial charge >= 0.3 is 0 Å². The second kappa shape index (κ2) is 12.3. The molecule has 1 fully saturated rings. The Morgan fingerprint density at radius 2 is 1.42 bits per heavy atom. The van der Waals surface area contributed by atoms with Gasteiger partial charge in [0.2, 0.25) is 0 Å². The minimum atomic E-state index is -1.17. The quantitative estimate of drug-likeness (QED) is 0.156. The van der Waals surface area contributed by atoms with Gasteiger partial charge in [-0.2, -0.15) is 0 Å². The molecule has 9 nitrogen and oxygen atoms in total. The van der Waals surface area contributed by atoms with Crippen molar-refractivity contribution in [3.8, 4) is 0 Å². The molecule has 0 spiro atoms. The smallest absolute Gasteiger partial charge is 0.259 e. The molecule has 0 unspecified atom stereocenters. The molecular formula is C41H33F2N3O6. The van der Waals surface area contributed by atoms with Gasteiger partial charge in [-0.05, 0) is 54.4 Å². The Bertz CT molecular complexity index is 2550. The number of H-pyrrole nitrogens is 1. The maximum atomic E-state index is 15.2. The number of hydrogen-bond donors (Lipinski definition) is 2. The molecule has 9 rings (SSSR count). The minimum absolute atomic E-state index is 0.0796. The van der Waals surface area contributed by atoms with E-state index in [4.69, 9.17) is 18.9 Å². The fourth-order valence-electron chi connectivity index (χ4n) is 7.84. The molecule has 2 amide bonds. The highest BCUT2D eigenvalue weighted by Gasteiger charge is 2.49. The summed E-state index contributed by atoms with van der Waals surface area (Å²) in [4.78, 5) is 30.6. The number of imide groups is 1. The molecule has 5 aromatic carbocycles. The molecule has 0 bridgehead atoms. The van der Waals surface area contributed by atoms with Crippen LogP contribution < -0.4 is 5.32 Å². The molecule has 2 aromatic heterocycles. The van der Waals surface area contributed by atoms with Crippen LogP contribution in [0.3, 0.4) is 0 Å². The minimum Gasteiger partial charge on any atom is -0.370 e. The molecule has 4 heterocycles. The Morgan fingerprint density at radius 1 is 0.808 bits per heavy atom. The lowest BCUT2D eigenvalue weighted by Gasteiger charge is -2.46. The van der Waals surface area contributed by atoms with Crippen LogP contribution in [-0.2, 0) is 32.2 Å². The normalized spacial score (nSPS) is 21.8. The zero-order valence-electron chi connectivity index (χ0n) is 28.2. The summed E-state index contributed by atoms with van der Waals surface area (Å²) in [6, 6.07) is 28.1. The maximum Gasteiger partial charge on any atom is 0.259 e. The molecule has 2 aliphatic heterocycles. The molecule has 11 heteroatoms. The molecular weight excluding hydrogens is 668 g/mol. The van der Waals surface area contributed by atoms with Crippen LogP contribution in [0.2, 0.25) is 0 Å². The second-order valence-electron chi connectivity index (χ2n) is 13.5. The highest BCUT2D eigenvalue weighted by molar-refractivity contribution is 6.39. The molecule has 2 aliphatic rings. The van der Waals surface area contributed by atoms with E-state index in [0.717, 1.165) is 11.1 Å². The summed E-state index contributed by atoms with van der Waals surface area (Å²) in [5.74, 6) is -3.46. The predicted octanol–water partition coefficient (Wildman–Crippen LogP) is 8.04. The number of hydrogen-bond acceptors (Lipinski definition) is 6. The van der Waals surface area contributed by atoms with Crippen molar-refractivity contribution in [1.82, 2.24) is 14.9 Å². The Morgan fingerprint density at radius 3 is 2.10 bits per heavy atom. The lowest BCUT2D eigenvalue weighted by atomic mass is 9.96. The fraction of sp³-hybridized carbons (Fsp3) is 0.220. The Hall–Kier alpha value is -5.46. The van der Waals surface area contributed by atoms with Gasteiger partial charge in [-0.25, -0.2) is 8.78 Å². The highest BCUT2D eigenvalue weighted by atomic mass is 19.1. The topological polar surface area (TPSA) is 104 Å². The standard InChI is InChI=1S/C41H33F2N3O6/c1-41(49-2)19-30(50-20-22-9-5-3-6-10-22)37(51-21-23-11-7-4-8-12-23)40(52-41)46-29-16-14-25(43)18-27(29)32-34-33(38(47)45-39(34)48)31-26-17-24(42)13-15-28(26)44-35(31)36(32)46/h3-18,30,37,40,44H,19-21H2,1-2H3,(H,45,47,48)/t30-,37+,40+,41+/m0/s1. The fourth-order valence-corrected chi connectivity index (χ4v) is 7.84. The van der Waals surface area contributed by atoms with Crippen LogP contribution in [0.25, 0.3) is 43.6 Å². The van der Waals surface area contributed by atoms with Crippen molar-refractivity contribution >= 4 is 55.4 Å². The monoisotopic (exact) mass is 701 g/mol. The highest BCUT2D eigenvalue weighted by Crippen LogP contribution is 2.48. The number of aromatic nitrogens is 2. The van der Waals surface area contributed by atoms with Crippen LogP contribution in [0, 0.1) is 11.6 Å². The van der Waals surface area contributed by atoms with E-state index < -0.39 is 47.7 Å². The van der Waals surface area contributed by atoms with Crippen molar-refractivity contribution < 1.29 is 37.3 Å². The maximum absolute atomic E-state index is 15.2. The molecule has 4 atom stereocenters. The number of amides is 2. The van der Waals surface area contributed by atoms with Gasteiger partial charge in [0.05, 0.1) is 47.0 Å². The number of ether oxygens (including phenoxy) is 4. The summed E-state index contributed by atoms with van der Waals surface area (Å²) in [7, 11) is 1.56. The number of benzene rings is 5. The van der Waals surface area contributed by atoms with E-state index in [2.05, 4.69) is 10.3 Å². The summed E-state index contributed by atoms with van der Waals surface area (Å²) in [6.45, 7) is 2.33. The number of methoxy groups -OCH3 is 1. The van der Waals surface area contributed by atoms with Gasteiger partial charge in [0.25, 0.3) is 11.8 Å². The van der Waals surface area contributed by atoms with Gasteiger partial charge in [-0.15, -0.1) is 0 Å². The van der Waals surface area contributed by atoms with Crippen molar-refractivity contribution in [2.75, 3.05) is 7.11 Å². The second-order valence-corrected chi connectivity index (χ2v) is 13.5. The van der Waals surface area contributed by atoms with E-state index in [0.29, 0.717) is 50.0 Å². The van der Waals surface area contributed by atoms with Crippen LogP contribution in [0.15, 0.2) is 97.1 Å². The first-order valence-electron chi connectivity index (χ1n) is 17.0. The molecule has 1 saturated heterocycles. The third-order valence-electron chi connectivity index (χ3n) is 10.3. The van der Waals surface area contributed by atoms with E-state index in [-0.39, 0.29) is 24.3 Å². The van der Waals surface area contributed by atoms with E-state index in [1.165, 1.54) is 24.3 Å². The number of carbonyl (C=O) groups excluding carboxylic acids is 2. The summed E-state index contributed by atoms with van der Waals surface area (Å²) in [5, 5.41) is 3.96. The Kier molecular flexibility index (Phi) is 7.70. The van der Waals surface area contributed by atoms with E-state index >= 15 is 4.39 Å². The number of rotatable bonds is 8. The van der Waals surface area contributed by atoms with E-state index in [9.17, 15) is 14.0 Å². The summed E-state index contributed by atoms with van der Waals surface area (Å²) >= 11 is 0. The summed E-state index contributed by atoms with van der Waals surface area (Å²) < 4.78 is 58.3. The molecule has 52 heavy (non-hydrogen) atoms. The van der Waals surface area contributed by atoms with Gasteiger partial charge in [0.1, 0.15) is 17.7 Å². The third-order valence-corrected chi connectivity index (χ3v) is 10.3. The predicted molar refractivity (Wildman–Crippen MR) is 191 cm³/mol. The van der Waals surface area contributed by atoms with Crippen LogP contribution >= 0.6 is 0 Å². The average Bonchev–Trinajstić information content (AvgIpc) is 3.78. The number of aromatic amines is 1. The Labute approximate surface area is 296 Å². The van der Waals surface area contributed by atoms with Crippen molar-refractivity contribution in [3.63, 3.8) is 0 Å². The average molecular weight is 702 g/mol. The molecule has 2 N–H and O–H groups in total. The zero-order chi connectivity index (χ0) is 35.7. The number of nitrogens with zero attached hydrogens (tertiary/aromatic N) is 1. The van der Waals surface area contributed by atoms with Crippen molar-refractivity contribution in [3.05, 3.63) is 131 Å². The molecule has 0 aliphatic carbocycles. The van der Waals surface area contributed by atoms with Crippen molar-refractivity contribution in [1.29, 1.82) is 0 Å². The number of halogens is 2. The lowest BCUT2D eigenvalue weighted by molar-refractivity contribution is -0.332. The van der Waals surface area contributed by atoms with Gasteiger partial charge < -0.3 is 28.5 Å². The summed E-state index contributed by atoms with van der Waals surface area (Å²) in [6.07, 6.45) is -2.01. The summed E-state index contributed by atoms with van der Waals surface area (Å²) in [5.41, 5.74) is 4.05. The van der Waals surface area contributed by atoms with Crippen LogP contribution in [0.5, 0.6) is 0 Å². The Balaban J connectivity index is 1.34. The van der Waals surface area contributed by atoms with Crippen molar-refractivity contribution in [2.45, 2.75) is 50.8 Å². The first-order valence-corrected chi connectivity index (χ1v) is 17.0. The SMILES string of the molecule is CO[C@@]1(C)C[C@H](OCc2ccccc2)[C@@H](OCc2ccccc2)[C@H](n2c3ccc(F)cc3c3c4c(c5c6cc(F)ccc6[nH]c5c32)C(=O)NC4=O)O1. The van der Waals surface area contributed by atoms with Crippen molar-refractivity contribution in [2.24, 2.45) is 0 Å². The molecule has 0 saturated carbocycles. The number of fused-ring (bicyclic) bond motifs is 10. The van der Waals surface area contributed by atoms with Crippen LogP contribution in [-0.4, -0.2) is 46.5 Å². The zero-order valence-corrected chi connectivity index (χ0v) is 28.2. The van der Waals surface area contributed by atoms with Gasteiger partial charge in [-0.3, -0.25) is 14.9 Å². The molecule has 262 valence electrons. The molecule has 7 aromatic rings. The number of carbonyl (C=O) groups is 2. The van der Waals surface area contributed by atoms with Crippen LogP contribution in [0.4, 0.5) is 8.78 Å². The lowest BCUT2D eigenvalue weighted by Crippen LogP contribution is -2.53. The van der Waals surface area contributed by atoms with Gasteiger partial charge in [-0.1, -0.05) is 60.7 Å². The number of nitrogens with one attached hydrogen (secondary N) is 2. The van der Waals surface area contributed by atoms with E-state index in [1.807, 2.05) is 72.2 Å². The first-order chi connectivity index (χ1) is 25.2. The van der Waals surface area contributed by atoms with Gasteiger partial charge in [0, 0.05) is 40.6 Å². The van der Waals surface area contributed by atoms with Gasteiger partial charge in [0.15, 0.2) is 12.0 Å². The first kappa shape index (κ1) is 32.4.